The lowest BCUT2D eigenvalue weighted by Gasteiger charge is -2.01. The Morgan fingerprint density at radius 2 is 0.889 bits per heavy atom. The number of hydrogen-bond acceptors (Lipinski definition) is 3. The average Bonchev–Trinajstić information content (AvgIpc) is 1.59. The van der Waals surface area contributed by atoms with E-state index in [9.17, 15) is 0 Å². The Labute approximate surface area is 53.4 Å². The van der Waals surface area contributed by atoms with E-state index in [1.54, 1.807) is 0 Å². The zero-order valence-electron chi connectivity index (χ0n) is 4.18. The number of rotatable bonds is 0. The van der Waals surface area contributed by atoms with Gasteiger partial charge in [0.25, 0.3) is 0 Å². The summed E-state index contributed by atoms with van der Waals surface area (Å²) >= 11 is 0. The van der Waals surface area contributed by atoms with Crippen LogP contribution in [0, 0.1) is 0 Å². The normalized spacial score (nSPS) is 42.3. The number of nitrogens with zero attached hydrogens (tertiary/aromatic N) is 3. The highest BCUT2D eigenvalue weighted by atomic mass is 31.2. The van der Waals surface area contributed by atoms with Crippen LogP contribution >= 0.6 is 24.3 Å². The molecule has 3 N–H and O–H groups in total. The maximum absolute atomic E-state index is 8.69. The maximum Gasteiger partial charge on any atom is 0.190 e. The largest absolute Gasteiger partial charge is 0.345 e. The van der Waals surface area contributed by atoms with Gasteiger partial charge in [0, 0.05) is 0 Å². The Morgan fingerprint density at radius 3 is 1.11 bits per heavy atom. The molecule has 9 heteroatoms. The maximum atomic E-state index is 8.69. The van der Waals surface area contributed by atoms with Gasteiger partial charge in [-0.15, -0.1) is 0 Å². The SMILES string of the molecule is O[PH]1=N[PH](O)=N[PH](O)=N1. The van der Waals surface area contributed by atoms with Gasteiger partial charge in [0.15, 0.2) is 24.3 Å². The second kappa shape index (κ2) is 3.11. The summed E-state index contributed by atoms with van der Waals surface area (Å²) in [6.45, 7) is 0. The lowest BCUT2D eigenvalue weighted by molar-refractivity contribution is 0.613. The average molecular weight is 189 g/mol. The molecule has 0 aliphatic carbocycles. The summed E-state index contributed by atoms with van der Waals surface area (Å²) in [5.74, 6) is 0. The van der Waals surface area contributed by atoms with E-state index >= 15 is 0 Å². The molecule has 0 spiro atoms. The van der Waals surface area contributed by atoms with Gasteiger partial charge in [-0.05, 0) is 0 Å². The summed E-state index contributed by atoms with van der Waals surface area (Å²) in [5.41, 5.74) is 0. The molecule has 0 radical (unpaired) electrons. The van der Waals surface area contributed by atoms with Gasteiger partial charge in [0.1, 0.15) is 0 Å². The Balaban J connectivity index is 2.98. The van der Waals surface area contributed by atoms with Crippen LogP contribution in [-0.4, -0.2) is 14.7 Å². The van der Waals surface area contributed by atoms with Crippen molar-refractivity contribution in [3.8, 4) is 0 Å². The first-order valence-electron chi connectivity index (χ1n) is 2.01. The van der Waals surface area contributed by atoms with Gasteiger partial charge in [-0.3, -0.25) is 0 Å². The summed E-state index contributed by atoms with van der Waals surface area (Å²) in [5, 5.41) is 0. The van der Waals surface area contributed by atoms with Crippen LogP contribution in [0.2, 0.25) is 0 Å². The fourth-order valence-corrected chi connectivity index (χ4v) is 4.44. The molecule has 1 heterocycles. The lowest BCUT2D eigenvalue weighted by Crippen LogP contribution is -1.57. The van der Waals surface area contributed by atoms with Crippen molar-refractivity contribution in [1.29, 1.82) is 0 Å². The zero-order valence-corrected chi connectivity index (χ0v) is 7.18. The molecule has 1 aliphatic rings. The summed E-state index contributed by atoms with van der Waals surface area (Å²) in [7, 11) is -6.43. The van der Waals surface area contributed by atoms with E-state index in [2.05, 4.69) is 13.5 Å². The summed E-state index contributed by atoms with van der Waals surface area (Å²) in [4.78, 5) is 26.1. The summed E-state index contributed by atoms with van der Waals surface area (Å²) < 4.78 is 10.1. The van der Waals surface area contributed by atoms with Crippen LogP contribution in [0.1, 0.15) is 0 Å². The minimum absolute atomic E-state index is 2.14. The van der Waals surface area contributed by atoms with Gasteiger partial charge in [-0.2, -0.15) is 13.5 Å². The van der Waals surface area contributed by atoms with E-state index in [1.165, 1.54) is 0 Å². The van der Waals surface area contributed by atoms with Crippen LogP contribution in [0.15, 0.2) is 13.5 Å². The van der Waals surface area contributed by atoms with Gasteiger partial charge in [-0.1, -0.05) is 0 Å². The molecule has 0 amide bonds. The molecule has 6 nitrogen and oxygen atoms in total. The Morgan fingerprint density at radius 1 is 0.667 bits per heavy atom. The van der Waals surface area contributed by atoms with Crippen LogP contribution in [0.4, 0.5) is 0 Å². The quantitative estimate of drug-likeness (QED) is 0.488. The zero-order chi connectivity index (χ0) is 6.85. The van der Waals surface area contributed by atoms with E-state index in [1.807, 2.05) is 0 Å². The molecule has 1 rings (SSSR count). The second-order valence-electron chi connectivity index (χ2n) is 1.24. The lowest BCUT2D eigenvalue weighted by atomic mass is 13.8. The van der Waals surface area contributed by atoms with Crippen molar-refractivity contribution in [2.75, 3.05) is 0 Å². The van der Waals surface area contributed by atoms with Gasteiger partial charge in [0.2, 0.25) is 0 Å². The molecule has 0 saturated heterocycles. The fraction of sp³-hybridized carbons (Fsp3) is 0. The van der Waals surface area contributed by atoms with Gasteiger partial charge in [0.05, 0.1) is 0 Å². The van der Waals surface area contributed by atoms with E-state index < -0.39 is 24.3 Å². The fourth-order valence-electron chi connectivity index (χ4n) is 0.343. The van der Waals surface area contributed by atoms with Crippen LogP contribution in [0.5, 0.6) is 0 Å². The molecule has 0 atom stereocenters. The monoisotopic (exact) mass is 189 g/mol. The molecule has 9 heavy (non-hydrogen) atoms. The van der Waals surface area contributed by atoms with Crippen molar-refractivity contribution in [3.63, 3.8) is 0 Å². The van der Waals surface area contributed by atoms with Crippen molar-refractivity contribution in [2.45, 2.75) is 0 Å². The highest BCUT2D eigenvalue weighted by Crippen LogP contribution is 2.49. The Hall–Kier alpha value is 0.570. The van der Waals surface area contributed by atoms with E-state index in [4.69, 9.17) is 14.7 Å². The van der Waals surface area contributed by atoms with Gasteiger partial charge in [-0.25, -0.2) is 0 Å². The second-order valence-corrected chi connectivity index (χ2v) is 5.72. The molecule has 0 aromatic carbocycles. The van der Waals surface area contributed by atoms with Crippen molar-refractivity contribution in [3.05, 3.63) is 0 Å². The van der Waals surface area contributed by atoms with Gasteiger partial charge >= 0.3 is 0 Å². The third-order valence-electron chi connectivity index (χ3n) is 0.600. The first-order valence-corrected chi connectivity index (χ1v) is 6.04. The third kappa shape index (κ3) is 2.34. The minimum atomic E-state index is -2.14. The molecule has 0 bridgehead atoms. The van der Waals surface area contributed by atoms with Crippen LogP contribution < -0.4 is 0 Å². The molecule has 0 fully saturated rings. The van der Waals surface area contributed by atoms with E-state index in [-0.39, 0.29) is 0 Å². The molecule has 0 saturated carbocycles. The van der Waals surface area contributed by atoms with Crippen molar-refractivity contribution in [1.82, 2.24) is 0 Å². The minimum Gasteiger partial charge on any atom is -0.345 e. The van der Waals surface area contributed by atoms with Gasteiger partial charge < -0.3 is 14.7 Å². The Kier molecular flexibility index (Phi) is 2.65. The first-order chi connectivity index (χ1) is 4.18. The van der Waals surface area contributed by atoms with Crippen molar-refractivity contribution in [2.24, 2.45) is 13.5 Å². The summed E-state index contributed by atoms with van der Waals surface area (Å²) in [6.07, 6.45) is 0. The topological polar surface area (TPSA) is 97.8 Å². The summed E-state index contributed by atoms with van der Waals surface area (Å²) in [6, 6.07) is 0. The van der Waals surface area contributed by atoms with Crippen molar-refractivity contribution >= 4 is 24.3 Å². The van der Waals surface area contributed by atoms with E-state index in [0.717, 1.165) is 0 Å². The van der Waals surface area contributed by atoms with Crippen molar-refractivity contribution < 1.29 is 14.7 Å². The van der Waals surface area contributed by atoms with Crippen LogP contribution in [0.25, 0.3) is 0 Å². The predicted octanol–water partition coefficient (Wildman–Crippen LogP) is 0.660. The van der Waals surface area contributed by atoms with Crippen LogP contribution in [0.3, 0.4) is 0 Å². The van der Waals surface area contributed by atoms with Crippen LogP contribution in [-0.2, 0) is 0 Å². The van der Waals surface area contributed by atoms with E-state index in [0.29, 0.717) is 0 Å². The molecule has 0 aromatic rings. The molecule has 54 valence electrons. The first kappa shape index (κ1) is 7.67. The highest BCUT2D eigenvalue weighted by Gasteiger charge is 1.97. The number of hydrogen-bond donors (Lipinski definition) is 3. The molecule has 0 aromatic heterocycles. The highest BCUT2D eigenvalue weighted by molar-refractivity contribution is 7.63. The third-order valence-corrected chi connectivity index (χ3v) is 5.40. The smallest absolute Gasteiger partial charge is 0.190 e. The molecule has 1 aliphatic heterocycles. The molecular weight excluding hydrogens is 183 g/mol. The predicted molar refractivity (Wildman–Crippen MR) is 38.9 cm³/mol. The molecule has 0 unspecified atom stereocenters. The standard InChI is InChI=1S/H6N3O3P3/c4-7-1-8(5)3-9(6)2-7/h7-9H,(H3,1,2,3,4,5,6). The molecular formula is H6N3O3P3. The Bertz CT molecular complexity index is 170.